The van der Waals surface area contributed by atoms with Gasteiger partial charge in [0.2, 0.25) is 0 Å². The maximum Gasteiger partial charge on any atom is 0.269 e. The lowest BCUT2D eigenvalue weighted by molar-refractivity contribution is 0.0901. The molecule has 3 N–H and O–H groups in total. The van der Waals surface area contributed by atoms with E-state index < -0.39 is 5.54 Å². The highest BCUT2D eigenvalue weighted by molar-refractivity contribution is 5.94. The van der Waals surface area contributed by atoms with Crippen LogP contribution in [0.25, 0.3) is 11.3 Å². The van der Waals surface area contributed by atoms with Crippen molar-refractivity contribution >= 4 is 5.91 Å². The van der Waals surface area contributed by atoms with Crippen LogP contribution < -0.4 is 5.32 Å². The number of benzene rings is 1. The Balaban J connectivity index is 1.76. The Morgan fingerprint density at radius 2 is 2.11 bits per heavy atom. The first-order valence-corrected chi connectivity index (χ1v) is 6.27. The molecule has 1 saturated carbocycles. The fraction of sp³-hybridized carbons (Fsp3) is 0.286. The summed E-state index contributed by atoms with van der Waals surface area (Å²) in [7, 11) is 0. The van der Waals surface area contributed by atoms with Gasteiger partial charge in [0.1, 0.15) is 5.69 Å². The molecule has 3 rings (SSSR count). The number of aromatic amines is 1. The third-order valence-corrected chi connectivity index (χ3v) is 3.43. The van der Waals surface area contributed by atoms with E-state index in [0.29, 0.717) is 5.69 Å². The van der Waals surface area contributed by atoms with Crippen LogP contribution in [0.2, 0.25) is 0 Å². The molecule has 98 valence electrons. The summed E-state index contributed by atoms with van der Waals surface area (Å²) >= 11 is 0. The predicted molar refractivity (Wildman–Crippen MR) is 70.5 cm³/mol. The summed E-state index contributed by atoms with van der Waals surface area (Å²) in [6, 6.07) is 11.4. The largest absolute Gasteiger partial charge is 0.394 e. The summed E-state index contributed by atoms with van der Waals surface area (Å²) in [5, 5.41) is 18.9. The molecule has 2 aromatic rings. The van der Waals surface area contributed by atoms with Crippen molar-refractivity contribution in [1.82, 2.24) is 15.5 Å². The predicted octanol–water partition coefficient (Wildman–Crippen LogP) is 1.33. The van der Waals surface area contributed by atoms with Crippen molar-refractivity contribution in [2.75, 3.05) is 6.61 Å². The normalized spacial score (nSPS) is 16.1. The summed E-state index contributed by atoms with van der Waals surface area (Å²) in [5.41, 5.74) is 1.70. The van der Waals surface area contributed by atoms with Crippen molar-refractivity contribution in [3.63, 3.8) is 0 Å². The lowest BCUT2D eigenvalue weighted by Crippen LogP contribution is -2.39. The van der Waals surface area contributed by atoms with Crippen LogP contribution in [0.1, 0.15) is 23.3 Å². The Morgan fingerprint density at radius 1 is 1.37 bits per heavy atom. The zero-order valence-corrected chi connectivity index (χ0v) is 10.4. The first-order valence-electron chi connectivity index (χ1n) is 6.27. The fourth-order valence-corrected chi connectivity index (χ4v) is 1.98. The second kappa shape index (κ2) is 4.51. The van der Waals surface area contributed by atoms with Gasteiger partial charge in [-0.3, -0.25) is 9.89 Å². The molecule has 1 aromatic carbocycles. The van der Waals surface area contributed by atoms with Gasteiger partial charge in [-0.2, -0.15) is 5.10 Å². The van der Waals surface area contributed by atoms with Gasteiger partial charge in [-0.05, 0) is 18.9 Å². The molecular weight excluding hydrogens is 242 g/mol. The Kier molecular flexibility index (Phi) is 2.83. The summed E-state index contributed by atoms with van der Waals surface area (Å²) in [6.45, 7) is -0.0155. The first kappa shape index (κ1) is 11.9. The monoisotopic (exact) mass is 257 g/mol. The average molecular weight is 257 g/mol. The molecule has 5 nitrogen and oxygen atoms in total. The van der Waals surface area contributed by atoms with E-state index >= 15 is 0 Å². The van der Waals surface area contributed by atoms with E-state index in [1.54, 1.807) is 6.07 Å². The molecule has 1 aliphatic carbocycles. The van der Waals surface area contributed by atoms with Crippen molar-refractivity contribution in [2.45, 2.75) is 18.4 Å². The second-order valence-corrected chi connectivity index (χ2v) is 4.93. The number of nitrogens with zero attached hydrogens (tertiary/aromatic N) is 1. The lowest BCUT2D eigenvalue weighted by Gasteiger charge is -2.12. The number of hydrogen-bond donors (Lipinski definition) is 3. The van der Waals surface area contributed by atoms with Crippen LogP contribution in [-0.2, 0) is 0 Å². The van der Waals surface area contributed by atoms with Crippen LogP contribution >= 0.6 is 0 Å². The van der Waals surface area contributed by atoms with Crippen LogP contribution in [0.5, 0.6) is 0 Å². The SMILES string of the molecule is O=C(NC1(CO)CC1)c1cc(-c2ccccc2)n[nH]1. The number of carbonyl (C=O) groups is 1. The second-order valence-electron chi connectivity index (χ2n) is 4.93. The van der Waals surface area contributed by atoms with Crippen molar-refractivity contribution in [3.05, 3.63) is 42.1 Å². The Bertz CT molecular complexity index is 588. The van der Waals surface area contributed by atoms with Crippen molar-refractivity contribution < 1.29 is 9.90 Å². The summed E-state index contributed by atoms with van der Waals surface area (Å²) in [6.07, 6.45) is 1.66. The number of aliphatic hydroxyl groups excluding tert-OH is 1. The number of hydrogen-bond acceptors (Lipinski definition) is 3. The Hall–Kier alpha value is -2.14. The molecule has 1 aliphatic rings. The number of carbonyl (C=O) groups excluding carboxylic acids is 1. The highest BCUT2D eigenvalue weighted by Crippen LogP contribution is 2.34. The van der Waals surface area contributed by atoms with Crippen molar-refractivity contribution in [3.8, 4) is 11.3 Å². The summed E-state index contributed by atoms with van der Waals surface area (Å²) in [5.74, 6) is -0.221. The van der Waals surface area contributed by atoms with Crippen LogP contribution in [-0.4, -0.2) is 33.4 Å². The van der Waals surface area contributed by atoms with Gasteiger partial charge in [-0.15, -0.1) is 0 Å². The van der Waals surface area contributed by atoms with Gasteiger partial charge < -0.3 is 10.4 Å². The van der Waals surface area contributed by atoms with E-state index in [1.165, 1.54) is 0 Å². The summed E-state index contributed by atoms with van der Waals surface area (Å²) < 4.78 is 0. The minimum atomic E-state index is -0.408. The molecule has 0 bridgehead atoms. The molecule has 5 heteroatoms. The van der Waals surface area contributed by atoms with Gasteiger partial charge in [0.15, 0.2) is 0 Å². The van der Waals surface area contributed by atoms with Crippen LogP contribution in [0.3, 0.4) is 0 Å². The lowest BCUT2D eigenvalue weighted by atomic mass is 10.1. The van der Waals surface area contributed by atoms with Gasteiger partial charge in [0.25, 0.3) is 5.91 Å². The minimum absolute atomic E-state index is 0.0155. The van der Waals surface area contributed by atoms with E-state index in [1.807, 2.05) is 30.3 Å². The topological polar surface area (TPSA) is 78.0 Å². The number of H-pyrrole nitrogens is 1. The zero-order valence-electron chi connectivity index (χ0n) is 10.4. The number of aliphatic hydroxyl groups is 1. The van der Waals surface area contributed by atoms with Crippen molar-refractivity contribution in [1.29, 1.82) is 0 Å². The molecule has 0 unspecified atom stereocenters. The van der Waals surface area contributed by atoms with E-state index in [0.717, 1.165) is 24.1 Å². The third-order valence-electron chi connectivity index (χ3n) is 3.43. The third kappa shape index (κ3) is 2.37. The van der Waals surface area contributed by atoms with E-state index in [2.05, 4.69) is 15.5 Å². The number of aromatic nitrogens is 2. The highest BCUT2D eigenvalue weighted by Gasteiger charge is 2.43. The first-order chi connectivity index (χ1) is 9.22. The molecule has 0 saturated heterocycles. The van der Waals surface area contributed by atoms with E-state index in [9.17, 15) is 9.90 Å². The van der Waals surface area contributed by atoms with E-state index in [4.69, 9.17) is 0 Å². The highest BCUT2D eigenvalue weighted by atomic mass is 16.3. The average Bonchev–Trinajstić information content (AvgIpc) is 3.04. The van der Waals surface area contributed by atoms with Gasteiger partial charge in [-0.25, -0.2) is 0 Å². The molecule has 0 radical (unpaired) electrons. The molecule has 1 amide bonds. The summed E-state index contributed by atoms with van der Waals surface area (Å²) in [4.78, 5) is 12.0. The maximum absolute atomic E-state index is 12.0. The Labute approximate surface area is 110 Å². The van der Waals surface area contributed by atoms with Crippen molar-refractivity contribution in [2.24, 2.45) is 0 Å². The van der Waals surface area contributed by atoms with Gasteiger partial charge in [0.05, 0.1) is 17.8 Å². The van der Waals surface area contributed by atoms with E-state index in [-0.39, 0.29) is 12.5 Å². The molecular formula is C14H15N3O2. The smallest absolute Gasteiger partial charge is 0.269 e. The number of nitrogens with one attached hydrogen (secondary N) is 2. The van der Waals surface area contributed by atoms with Crippen LogP contribution in [0.15, 0.2) is 36.4 Å². The minimum Gasteiger partial charge on any atom is -0.394 e. The maximum atomic E-state index is 12.0. The standard InChI is InChI=1S/C14H15N3O2/c18-9-14(6-7-14)15-13(19)12-8-11(16-17-12)10-4-2-1-3-5-10/h1-5,8,18H,6-7,9H2,(H,15,19)(H,16,17). The molecule has 0 atom stereocenters. The van der Waals surface area contributed by atoms with Crippen LogP contribution in [0.4, 0.5) is 0 Å². The van der Waals surface area contributed by atoms with Gasteiger partial charge >= 0.3 is 0 Å². The molecule has 1 aromatic heterocycles. The fourth-order valence-electron chi connectivity index (χ4n) is 1.98. The van der Waals surface area contributed by atoms with Crippen LogP contribution in [0, 0.1) is 0 Å². The molecule has 0 spiro atoms. The van der Waals surface area contributed by atoms with Gasteiger partial charge in [-0.1, -0.05) is 30.3 Å². The molecule has 1 heterocycles. The number of rotatable bonds is 4. The Morgan fingerprint density at radius 3 is 2.74 bits per heavy atom. The number of amides is 1. The zero-order chi connectivity index (χ0) is 13.3. The quantitative estimate of drug-likeness (QED) is 0.773. The van der Waals surface area contributed by atoms with Gasteiger partial charge in [0, 0.05) is 5.56 Å². The molecule has 19 heavy (non-hydrogen) atoms. The molecule has 1 fully saturated rings. The molecule has 0 aliphatic heterocycles.